The number of aryl methyl sites for hydroxylation is 1. The Hall–Kier alpha value is -3.21. The molecule has 32 heavy (non-hydrogen) atoms. The zero-order valence-electron chi connectivity index (χ0n) is 17.7. The Morgan fingerprint density at radius 1 is 0.969 bits per heavy atom. The van der Waals surface area contributed by atoms with Gasteiger partial charge in [-0.25, -0.2) is 4.98 Å². The van der Waals surface area contributed by atoms with Crippen LogP contribution in [0.2, 0.25) is 10.0 Å². The van der Waals surface area contributed by atoms with Crippen molar-refractivity contribution in [2.75, 3.05) is 7.11 Å². The van der Waals surface area contributed by atoms with E-state index in [0.717, 1.165) is 46.1 Å². The Bertz CT molecular complexity index is 1280. The van der Waals surface area contributed by atoms with Crippen LogP contribution in [0.15, 0.2) is 66.9 Å². The zero-order chi connectivity index (χ0) is 22.7. The summed E-state index contributed by atoms with van der Waals surface area (Å²) < 4.78 is 7.62. The first-order valence-electron chi connectivity index (χ1n) is 10.2. The summed E-state index contributed by atoms with van der Waals surface area (Å²) in [5.74, 6) is 1.82. The van der Waals surface area contributed by atoms with Crippen LogP contribution in [0.1, 0.15) is 18.3 Å². The number of hydrogen-bond donors (Lipinski definition) is 1. The van der Waals surface area contributed by atoms with Gasteiger partial charge in [-0.2, -0.15) is 0 Å². The molecule has 0 aliphatic rings. The van der Waals surface area contributed by atoms with Crippen LogP contribution in [-0.2, 0) is 6.54 Å². The van der Waals surface area contributed by atoms with E-state index in [1.165, 1.54) is 0 Å². The highest BCUT2D eigenvalue weighted by atomic mass is 35.5. The highest BCUT2D eigenvalue weighted by molar-refractivity contribution is 6.36. The van der Waals surface area contributed by atoms with Crippen LogP contribution in [-0.4, -0.2) is 21.8 Å². The average molecular weight is 465 g/mol. The molecule has 0 amide bonds. The highest BCUT2D eigenvalue weighted by Crippen LogP contribution is 2.31. The van der Waals surface area contributed by atoms with Gasteiger partial charge in [0.15, 0.2) is 0 Å². The molecule has 0 fully saturated rings. The molecule has 0 spiro atoms. The molecule has 6 heteroatoms. The van der Waals surface area contributed by atoms with Gasteiger partial charge in [0.1, 0.15) is 17.3 Å². The number of imidazole rings is 1. The summed E-state index contributed by atoms with van der Waals surface area (Å²) in [6.07, 6.45) is 5.94. The van der Waals surface area contributed by atoms with Crippen LogP contribution < -0.4 is 4.74 Å². The van der Waals surface area contributed by atoms with Crippen LogP contribution in [0.3, 0.4) is 0 Å². The van der Waals surface area contributed by atoms with E-state index in [2.05, 4.69) is 17.6 Å². The van der Waals surface area contributed by atoms with Gasteiger partial charge in [-0.05, 0) is 72.7 Å². The monoisotopic (exact) mass is 464 g/mol. The van der Waals surface area contributed by atoms with Crippen LogP contribution in [0, 0.1) is 0 Å². The SMILES string of the molecule is CCn1cc(-c2ccc(Cl)cc2Cl)nc1/C=C/c1cc(-c2ccc(O)cc2)ccc1OC. The van der Waals surface area contributed by atoms with Gasteiger partial charge in [-0.3, -0.25) is 0 Å². The van der Waals surface area contributed by atoms with Gasteiger partial charge in [-0.15, -0.1) is 0 Å². The molecule has 0 unspecified atom stereocenters. The van der Waals surface area contributed by atoms with Crippen molar-refractivity contribution in [2.24, 2.45) is 0 Å². The molecular formula is C26H22Cl2N2O2. The number of nitrogens with zero attached hydrogens (tertiary/aromatic N) is 2. The van der Waals surface area contributed by atoms with Crippen molar-refractivity contribution in [1.29, 1.82) is 0 Å². The zero-order valence-corrected chi connectivity index (χ0v) is 19.2. The molecule has 3 aromatic carbocycles. The van der Waals surface area contributed by atoms with Crippen LogP contribution >= 0.6 is 23.2 Å². The molecule has 0 bridgehead atoms. The standard InChI is InChI=1S/C26H22Cl2N2O2/c1-3-30-16-24(22-11-8-20(27)15-23(22)28)29-26(30)13-7-19-14-18(6-12-25(19)32-2)17-4-9-21(31)10-5-17/h4-16,31H,3H2,1-2H3/b13-7+. The minimum atomic E-state index is 0.241. The second-order valence-corrected chi connectivity index (χ2v) is 8.08. The van der Waals surface area contributed by atoms with Gasteiger partial charge in [0.05, 0.1) is 17.8 Å². The van der Waals surface area contributed by atoms with Crippen LogP contribution in [0.25, 0.3) is 34.5 Å². The lowest BCUT2D eigenvalue weighted by atomic mass is 10.0. The minimum Gasteiger partial charge on any atom is -0.508 e. The summed E-state index contributed by atoms with van der Waals surface area (Å²) in [6.45, 7) is 2.83. The van der Waals surface area contributed by atoms with E-state index in [9.17, 15) is 5.11 Å². The minimum absolute atomic E-state index is 0.241. The van der Waals surface area contributed by atoms with Crippen molar-refractivity contribution in [1.82, 2.24) is 9.55 Å². The lowest BCUT2D eigenvalue weighted by molar-refractivity contribution is 0.414. The van der Waals surface area contributed by atoms with Crippen molar-refractivity contribution >= 4 is 35.4 Å². The Morgan fingerprint density at radius 3 is 2.41 bits per heavy atom. The van der Waals surface area contributed by atoms with Crippen molar-refractivity contribution in [3.05, 3.63) is 88.3 Å². The lowest BCUT2D eigenvalue weighted by Gasteiger charge is -2.09. The Labute approximate surface area is 197 Å². The molecule has 4 aromatic rings. The molecule has 0 radical (unpaired) electrons. The number of phenols is 1. The first-order valence-corrected chi connectivity index (χ1v) is 10.9. The number of methoxy groups -OCH3 is 1. The predicted octanol–water partition coefficient (Wildman–Crippen LogP) is 7.43. The van der Waals surface area contributed by atoms with E-state index < -0.39 is 0 Å². The molecule has 0 saturated carbocycles. The summed E-state index contributed by atoms with van der Waals surface area (Å²) in [5.41, 5.74) is 4.59. The third kappa shape index (κ3) is 4.67. The second-order valence-electron chi connectivity index (χ2n) is 7.23. The largest absolute Gasteiger partial charge is 0.508 e. The lowest BCUT2D eigenvalue weighted by Crippen LogP contribution is -1.95. The third-order valence-electron chi connectivity index (χ3n) is 5.20. The molecular weight excluding hydrogens is 443 g/mol. The molecule has 4 rings (SSSR count). The van der Waals surface area contributed by atoms with E-state index in [0.29, 0.717) is 10.0 Å². The Kier molecular flexibility index (Phi) is 6.54. The maximum Gasteiger partial charge on any atom is 0.133 e. The van der Waals surface area contributed by atoms with E-state index in [-0.39, 0.29) is 5.75 Å². The fraction of sp³-hybridized carbons (Fsp3) is 0.115. The second kappa shape index (κ2) is 9.51. The molecule has 0 atom stereocenters. The van der Waals surface area contributed by atoms with Crippen molar-refractivity contribution in [2.45, 2.75) is 13.5 Å². The maximum atomic E-state index is 9.56. The van der Waals surface area contributed by atoms with E-state index >= 15 is 0 Å². The number of rotatable bonds is 6. The molecule has 0 aliphatic carbocycles. The Balaban J connectivity index is 1.70. The summed E-state index contributed by atoms with van der Waals surface area (Å²) in [7, 11) is 1.65. The molecule has 1 heterocycles. The summed E-state index contributed by atoms with van der Waals surface area (Å²) in [5, 5.41) is 10.7. The number of aromatic nitrogens is 2. The topological polar surface area (TPSA) is 47.3 Å². The summed E-state index contributed by atoms with van der Waals surface area (Å²) in [6, 6.07) is 18.5. The molecule has 0 saturated heterocycles. The first-order chi connectivity index (χ1) is 15.5. The van der Waals surface area contributed by atoms with Crippen molar-refractivity contribution < 1.29 is 9.84 Å². The maximum absolute atomic E-state index is 9.56. The number of benzene rings is 3. The smallest absolute Gasteiger partial charge is 0.133 e. The normalized spacial score (nSPS) is 11.2. The molecule has 162 valence electrons. The van der Waals surface area contributed by atoms with E-state index in [1.54, 1.807) is 25.3 Å². The molecule has 0 aliphatic heterocycles. The quantitative estimate of drug-likeness (QED) is 0.322. The predicted molar refractivity (Wildman–Crippen MR) is 132 cm³/mol. The van der Waals surface area contributed by atoms with Gasteiger partial charge in [0.2, 0.25) is 0 Å². The first kappa shape index (κ1) is 22.0. The number of halogens is 2. The number of aromatic hydroxyl groups is 1. The summed E-state index contributed by atoms with van der Waals surface area (Å²) >= 11 is 12.4. The van der Waals surface area contributed by atoms with Crippen LogP contribution in [0.5, 0.6) is 11.5 Å². The van der Waals surface area contributed by atoms with Gasteiger partial charge >= 0.3 is 0 Å². The third-order valence-corrected chi connectivity index (χ3v) is 5.75. The van der Waals surface area contributed by atoms with Gasteiger partial charge in [-0.1, -0.05) is 41.4 Å². The fourth-order valence-electron chi connectivity index (χ4n) is 3.51. The fourth-order valence-corrected chi connectivity index (χ4v) is 4.01. The number of hydrogen-bond acceptors (Lipinski definition) is 3. The highest BCUT2D eigenvalue weighted by Gasteiger charge is 2.11. The molecule has 1 N–H and O–H groups in total. The van der Waals surface area contributed by atoms with Crippen molar-refractivity contribution in [3.8, 4) is 33.9 Å². The number of ether oxygens (including phenoxy) is 1. The summed E-state index contributed by atoms with van der Waals surface area (Å²) in [4.78, 5) is 4.78. The van der Waals surface area contributed by atoms with Gasteiger partial charge in [0.25, 0.3) is 0 Å². The molecule has 1 aromatic heterocycles. The Morgan fingerprint density at radius 2 is 1.72 bits per heavy atom. The van der Waals surface area contributed by atoms with E-state index in [4.69, 9.17) is 32.9 Å². The van der Waals surface area contributed by atoms with Gasteiger partial charge < -0.3 is 14.4 Å². The average Bonchev–Trinajstić information content (AvgIpc) is 3.21. The van der Waals surface area contributed by atoms with Gasteiger partial charge in [0, 0.05) is 28.9 Å². The van der Waals surface area contributed by atoms with Crippen LogP contribution in [0.4, 0.5) is 0 Å². The molecule has 4 nitrogen and oxygen atoms in total. The van der Waals surface area contributed by atoms with Crippen molar-refractivity contribution in [3.63, 3.8) is 0 Å². The van der Waals surface area contributed by atoms with E-state index in [1.807, 2.05) is 54.7 Å². The number of phenolic OH excluding ortho intramolecular Hbond substituents is 1.